The van der Waals surface area contributed by atoms with E-state index in [1.165, 1.54) is 12.8 Å². The van der Waals surface area contributed by atoms with Crippen molar-refractivity contribution in [3.8, 4) is 0 Å². The molecule has 1 fully saturated rings. The van der Waals surface area contributed by atoms with Crippen LogP contribution in [0.5, 0.6) is 0 Å². The molecule has 2 N–H and O–H groups in total. The molecule has 0 aromatic carbocycles. The molecule has 0 amide bonds. The molecule has 1 aromatic heterocycles. The zero-order valence-electron chi connectivity index (χ0n) is 15.9. The molecule has 2 heterocycles. The van der Waals surface area contributed by atoms with Gasteiger partial charge < -0.3 is 20.3 Å². The molecule has 2 rings (SSSR count). The van der Waals surface area contributed by atoms with E-state index in [0.717, 1.165) is 50.0 Å². The molecule has 6 nitrogen and oxygen atoms in total. The van der Waals surface area contributed by atoms with Gasteiger partial charge in [0.25, 0.3) is 0 Å². The van der Waals surface area contributed by atoms with Gasteiger partial charge in [-0.15, -0.1) is 0 Å². The Labute approximate surface area is 152 Å². The van der Waals surface area contributed by atoms with Crippen molar-refractivity contribution >= 4 is 11.8 Å². The fraction of sp³-hybridized carbons (Fsp3) is 0.684. The number of ether oxygens (including phenoxy) is 1. The summed E-state index contributed by atoms with van der Waals surface area (Å²) in [6.45, 7) is 9.64. The number of anilines is 1. The SMILES string of the molecule is CN=C(NCCOCCC(C)C)NCc1ccc(N2CCCC2)nc1. The molecule has 140 valence electrons. The van der Waals surface area contributed by atoms with Crippen molar-refractivity contribution in [2.75, 3.05) is 44.8 Å². The normalized spacial score (nSPS) is 15.0. The van der Waals surface area contributed by atoms with Gasteiger partial charge in [0.2, 0.25) is 0 Å². The van der Waals surface area contributed by atoms with Crippen LogP contribution < -0.4 is 15.5 Å². The Morgan fingerprint density at radius 2 is 2.04 bits per heavy atom. The highest BCUT2D eigenvalue weighted by atomic mass is 16.5. The van der Waals surface area contributed by atoms with Crippen LogP contribution in [0.4, 0.5) is 5.82 Å². The molecule has 0 bridgehead atoms. The average Bonchev–Trinajstić information content (AvgIpc) is 3.15. The van der Waals surface area contributed by atoms with Crippen molar-refractivity contribution in [2.45, 2.75) is 39.7 Å². The Hall–Kier alpha value is -1.82. The lowest BCUT2D eigenvalue weighted by Gasteiger charge is -2.16. The van der Waals surface area contributed by atoms with Crippen molar-refractivity contribution in [3.63, 3.8) is 0 Å². The minimum Gasteiger partial charge on any atom is -0.380 e. The second kappa shape index (κ2) is 10.9. The molecule has 1 aliphatic rings. The summed E-state index contributed by atoms with van der Waals surface area (Å²) in [5, 5.41) is 6.58. The van der Waals surface area contributed by atoms with Gasteiger partial charge in [-0.3, -0.25) is 4.99 Å². The Morgan fingerprint density at radius 1 is 1.24 bits per heavy atom. The number of pyridine rings is 1. The summed E-state index contributed by atoms with van der Waals surface area (Å²) in [6, 6.07) is 4.25. The average molecular weight is 348 g/mol. The minimum absolute atomic E-state index is 0.688. The molecule has 0 radical (unpaired) electrons. The first-order valence-electron chi connectivity index (χ1n) is 9.41. The molecule has 0 aliphatic carbocycles. The number of nitrogens with one attached hydrogen (secondary N) is 2. The number of aromatic nitrogens is 1. The first-order valence-corrected chi connectivity index (χ1v) is 9.41. The van der Waals surface area contributed by atoms with Gasteiger partial charge in [-0.25, -0.2) is 4.98 Å². The number of guanidine groups is 1. The maximum atomic E-state index is 5.60. The van der Waals surface area contributed by atoms with Gasteiger partial charge in [-0.1, -0.05) is 19.9 Å². The van der Waals surface area contributed by atoms with Crippen LogP contribution in [-0.2, 0) is 11.3 Å². The summed E-state index contributed by atoms with van der Waals surface area (Å²) in [6.07, 6.45) is 5.60. The van der Waals surface area contributed by atoms with Crippen LogP contribution in [0.15, 0.2) is 23.3 Å². The van der Waals surface area contributed by atoms with E-state index in [9.17, 15) is 0 Å². The summed E-state index contributed by atoms with van der Waals surface area (Å²) in [7, 11) is 1.78. The number of hydrogen-bond acceptors (Lipinski definition) is 4. The largest absolute Gasteiger partial charge is 0.380 e. The molecule has 0 unspecified atom stereocenters. The van der Waals surface area contributed by atoms with E-state index in [2.05, 4.69) is 51.5 Å². The van der Waals surface area contributed by atoms with Crippen LogP contribution in [-0.4, -0.2) is 50.8 Å². The standard InChI is InChI=1S/C19H33N5O/c1-16(2)8-12-25-13-9-21-19(20-3)23-15-17-6-7-18(22-14-17)24-10-4-5-11-24/h6-7,14,16H,4-5,8-13,15H2,1-3H3,(H2,20,21,23). The van der Waals surface area contributed by atoms with Gasteiger partial charge in [0.05, 0.1) is 6.61 Å². The molecule has 1 aliphatic heterocycles. The van der Waals surface area contributed by atoms with E-state index in [-0.39, 0.29) is 0 Å². The number of hydrogen-bond donors (Lipinski definition) is 2. The van der Waals surface area contributed by atoms with Gasteiger partial charge in [0, 0.05) is 46.0 Å². The van der Waals surface area contributed by atoms with Gasteiger partial charge in [0.15, 0.2) is 5.96 Å². The van der Waals surface area contributed by atoms with Gasteiger partial charge in [-0.05, 0) is 36.8 Å². The van der Waals surface area contributed by atoms with E-state index in [1.807, 2.05) is 6.20 Å². The summed E-state index contributed by atoms with van der Waals surface area (Å²) in [5.74, 6) is 2.56. The number of rotatable bonds is 9. The van der Waals surface area contributed by atoms with Crippen LogP contribution in [0.25, 0.3) is 0 Å². The second-order valence-corrected chi connectivity index (χ2v) is 6.87. The van der Waals surface area contributed by atoms with E-state index in [4.69, 9.17) is 4.74 Å². The summed E-state index contributed by atoms with van der Waals surface area (Å²) in [4.78, 5) is 11.2. The Bertz CT molecular complexity index is 509. The lowest BCUT2D eigenvalue weighted by atomic mass is 10.1. The molecule has 0 atom stereocenters. The van der Waals surface area contributed by atoms with Crippen LogP contribution in [0.3, 0.4) is 0 Å². The molecule has 25 heavy (non-hydrogen) atoms. The third-order valence-electron chi connectivity index (χ3n) is 4.30. The first-order chi connectivity index (χ1) is 12.2. The Morgan fingerprint density at radius 3 is 2.68 bits per heavy atom. The lowest BCUT2D eigenvalue weighted by Crippen LogP contribution is -2.38. The number of aliphatic imine (C=N–C) groups is 1. The van der Waals surface area contributed by atoms with E-state index >= 15 is 0 Å². The fourth-order valence-corrected chi connectivity index (χ4v) is 2.72. The zero-order chi connectivity index (χ0) is 17.9. The van der Waals surface area contributed by atoms with E-state index in [1.54, 1.807) is 7.05 Å². The Balaban J connectivity index is 1.64. The second-order valence-electron chi connectivity index (χ2n) is 6.87. The van der Waals surface area contributed by atoms with Gasteiger partial charge in [0.1, 0.15) is 5.82 Å². The van der Waals surface area contributed by atoms with Crippen molar-refractivity contribution in [3.05, 3.63) is 23.9 Å². The van der Waals surface area contributed by atoms with Crippen molar-refractivity contribution in [2.24, 2.45) is 10.9 Å². The highest BCUT2D eigenvalue weighted by Crippen LogP contribution is 2.17. The monoisotopic (exact) mass is 347 g/mol. The van der Waals surface area contributed by atoms with E-state index in [0.29, 0.717) is 19.1 Å². The predicted molar refractivity (Wildman–Crippen MR) is 104 cm³/mol. The number of nitrogens with zero attached hydrogens (tertiary/aromatic N) is 3. The summed E-state index contributed by atoms with van der Waals surface area (Å²) in [5.41, 5.74) is 1.15. The Kier molecular flexibility index (Phi) is 8.52. The molecule has 1 aromatic rings. The maximum absolute atomic E-state index is 5.60. The highest BCUT2D eigenvalue weighted by Gasteiger charge is 2.12. The highest BCUT2D eigenvalue weighted by molar-refractivity contribution is 5.79. The molecular weight excluding hydrogens is 314 g/mol. The summed E-state index contributed by atoms with van der Waals surface area (Å²) >= 11 is 0. The van der Waals surface area contributed by atoms with Crippen LogP contribution in [0.1, 0.15) is 38.7 Å². The quantitative estimate of drug-likeness (QED) is 0.408. The minimum atomic E-state index is 0.688. The molecular formula is C19H33N5O. The van der Waals surface area contributed by atoms with Gasteiger partial charge in [-0.2, -0.15) is 0 Å². The smallest absolute Gasteiger partial charge is 0.191 e. The third kappa shape index (κ3) is 7.30. The molecule has 0 saturated carbocycles. The molecule has 0 spiro atoms. The maximum Gasteiger partial charge on any atom is 0.191 e. The summed E-state index contributed by atoms with van der Waals surface area (Å²) < 4.78 is 5.60. The van der Waals surface area contributed by atoms with Crippen molar-refractivity contribution < 1.29 is 4.74 Å². The topological polar surface area (TPSA) is 61.8 Å². The zero-order valence-corrected chi connectivity index (χ0v) is 15.9. The van der Waals surface area contributed by atoms with Crippen LogP contribution in [0, 0.1) is 5.92 Å². The molecule has 6 heteroatoms. The first kappa shape index (κ1) is 19.5. The lowest BCUT2D eigenvalue weighted by molar-refractivity contribution is 0.128. The fourth-order valence-electron chi connectivity index (χ4n) is 2.72. The predicted octanol–water partition coefficient (Wildman–Crippen LogP) is 2.41. The van der Waals surface area contributed by atoms with Crippen molar-refractivity contribution in [1.29, 1.82) is 0 Å². The van der Waals surface area contributed by atoms with Crippen molar-refractivity contribution in [1.82, 2.24) is 15.6 Å². The third-order valence-corrected chi connectivity index (χ3v) is 4.30. The van der Waals surface area contributed by atoms with E-state index < -0.39 is 0 Å². The van der Waals surface area contributed by atoms with Gasteiger partial charge >= 0.3 is 0 Å². The molecule has 1 saturated heterocycles. The van der Waals surface area contributed by atoms with Crippen LogP contribution >= 0.6 is 0 Å². The van der Waals surface area contributed by atoms with Crippen LogP contribution in [0.2, 0.25) is 0 Å².